The molecule has 0 radical (unpaired) electrons. The molecule has 86 valence electrons. The van der Waals surface area contributed by atoms with Crippen LogP contribution in [0.5, 0.6) is 0 Å². The minimum Gasteiger partial charge on any atom is -0.362 e. The Balaban J connectivity index is 1.89. The first-order valence-corrected chi connectivity index (χ1v) is 6.09. The second-order valence-corrected chi connectivity index (χ2v) is 4.63. The number of para-hydroxylation sites is 1. The van der Waals surface area contributed by atoms with Crippen LogP contribution in [0.1, 0.15) is 18.2 Å². The monoisotopic (exact) mass is 224 g/mol. The molecule has 0 saturated carbocycles. The number of nitrogens with zero attached hydrogens (tertiary/aromatic N) is 2. The standard InChI is InChI=1S/C15H16N2/c1-12-10-13-6-2-3-8-15(13)17(12)11-14-7-4-5-9-16-14/h2-9,12H,10-11H2,1H3/t12-/m0/s1. The lowest BCUT2D eigenvalue weighted by Crippen LogP contribution is -2.28. The van der Waals surface area contributed by atoms with Crippen molar-refractivity contribution >= 4 is 5.69 Å². The molecule has 0 fully saturated rings. The lowest BCUT2D eigenvalue weighted by Gasteiger charge is -2.24. The average molecular weight is 224 g/mol. The van der Waals surface area contributed by atoms with Gasteiger partial charge in [0, 0.05) is 17.9 Å². The van der Waals surface area contributed by atoms with Crippen LogP contribution in [0.2, 0.25) is 0 Å². The van der Waals surface area contributed by atoms with Gasteiger partial charge < -0.3 is 4.90 Å². The third kappa shape index (κ3) is 1.91. The lowest BCUT2D eigenvalue weighted by molar-refractivity contribution is 0.665. The van der Waals surface area contributed by atoms with Gasteiger partial charge in [0.2, 0.25) is 0 Å². The molecule has 2 heterocycles. The summed E-state index contributed by atoms with van der Waals surface area (Å²) >= 11 is 0. The maximum atomic E-state index is 4.41. The van der Waals surface area contributed by atoms with E-state index in [2.05, 4.69) is 53.2 Å². The molecule has 0 bridgehead atoms. The lowest BCUT2D eigenvalue weighted by atomic mass is 10.1. The first-order chi connectivity index (χ1) is 8.34. The van der Waals surface area contributed by atoms with Crippen molar-refractivity contribution in [2.45, 2.75) is 25.9 Å². The predicted octanol–water partition coefficient (Wildman–Crippen LogP) is 3.03. The van der Waals surface area contributed by atoms with Gasteiger partial charge in [0.1, 0.15) is 0 Å². The number of hydrogen-bond acceptors (Lipinski definition) is 2. The van der Waals surface area contributed by atoms with Crippen molar-refractivity contribution in [2.24, 2.45) is 0 Å². The van der Waals surface area contributed by atoms with Gasteiger partial charge in [0.15, 0.2) is 0 Å². The fourth-order valence-corrected chi connectivity index (χ4v) is 2.54. The summed E-state index contributed by atoms with van der Waals surface area (Å²) in [4.78, 5) is 6.85. The Morgan fingerprint density at radius 1 is 1.18 bits per heavy atom. The van der Waals surface area contributed by atoms with E-state index in [-0.39, 0.29) is 0 Å². The van der Waals surface area contributed by atoms with Gasteiger partial charge in [-0.25, -0.2) is 0 Å². The van der Waals surface area contributed by atoms with E-state index in [1.165, 1.54) is 11.3 Å². The fraction of sp³-hybridized carbons (Fsp3) is 0.267. The molecule has 0 unspecified atom stereocenters. The molecule has 17 heavy (non-hydrogen) atoms. The maximum Gasteiger partial charge on any atom is 0.0605 e. The molecule has 1 aromatic heterocycles. The number of hydrogen-bond donors (Lipinski definition) is 0. The van der Waals surface area contributed by atoms with Gasteiger partial charge in [0.25, 0.3) is 0 Å². The van der Waals surface area contributed by atoms with Crippen molar-refractivity contribution in [3.8, 4) is 0 Å². The van der Waals surface area contributed by atoms with Crippen molar-refractivity contribution in [1.82, 2.24) is 4.98 Å². The average Bonchev–Trinajstić information content (AvgIpc) is 2.68. The zero-order valence-electron chi connectivity index (χ0n) is 10.0. The second-order valence-electron chi connectivity index (χ2n) is 4.63. The van der Waals surface area contributed by atoms with E-state index in [4.69, 9.17) is 0 Å². The van der Waals surface area contributed by atoms with Crippen LogP contribution in [0.25, 0.3) is 0 Å². The molecule has 1 aromatic carbocycles. The highest BCUT2D eigenvalue weighted by atomic mass is 15.2. The summed E-state index contributed by atoms with van der Waals surface area (Å²) in [5.41, 5.74) is 3.96. The SMILES string of the molecule is C[C@H]1Cc2ccccc2N1Cc1ccccn1. The summed E-state index contributed by atoms with van der Waals surface area (Å²) in [7, 11) is 0. The summed E-state index contributed by atoms with van der Waals surface area (Å²) in [5.74, 6) is 0. The van der Waals surface area contributed by atoms with Gasteiger partial charge in [-0.05, 0) is 37.1 Å². The van der Waals surface area contributed by atoms with E-state index >= 15 is 0 Å². The third-order valence-corrected chi connectivity index (χ3v) is 3.41. The van der Waals surface area contributed by atoms with Gasteiger partial charge in [0.05, 0.1) is 12.2 Å². The normalized spacial score (nSPS) is 18.2. The molecule has 2 aromatic rings. The van der Waals surface area contributed by atoms with Crippen molar-refractivity contribution in [1.29, 1.82) is 0 Å². The van der Waals surface area contributed by atoms with Gasteiger partial charge in [-0.3, -0.25) is 4.98 Å². The summed E-state index contributed by atoms with van der Waals surface area (Å²) in [6.45, 7) is 3.18. The van der Waals surface area contributed by atoms with Crippen molar-refractivity contribution < 1.29 is 0 Å². The van der Waals surface area contributed by atoms with E-state index in [1.807, 2.05) is 12.3 Å². The highest BCUT2D eigenvalue weighted by Crippen LogP contribution is 2.32. The van der Waals surface area contributed by atoms with Crippen LogP contribution in [0.15, 0.2) is 48.7 Å². The molecule has 3 rings (SSSR count). The largest absolute Gasteiger partial charge is 0.362 e. The molecule has 1 aliphatic heterocycles. The molecule has 0 amide bonds. The van der Waals surface area contributed by atoms with E-state index < -0.39 is 0 Å². The molecule has 1 atom stereocenters. The molecular weight excluding hydrogens is 208 g/mol. The Hall–Kier alpha value is -1.83. The van der Waals surface area contributed by atoms with E-state index in [9.17, 15) is 0 Å². The number of rotatable bonds is 2. The first kappa shape index (κ1) is 10.3. The Kier molecular flexibility index (Phi) is 2.56. The van der Waals surface area contributed by atoms with Gasteiger partial charge in [-0.2, -0.15) is 0 Å². The molecular formula is C15H16N2. The Bertz CT molecular complexity index is 507. The van der Waals surface area contributed by atoms with E-state index in [1.54, 1.807) is 0 Å². The summed E-state index contributed by atoms with van der Waals surface area (Å²) in [5, 5.41) is 0. The number of benzene rings is 1. The summed E-state index contributed by atoms with van der Waals surface area (Å²) in [6, 6.07) is 15.3. The zero-order chi connectivity index (χ0) is 11.7. The van der Waals surface area contributed by atoms with Crippen molar-refractivity contribution in [3.63, 3.8) is 0 Å². The molecule has 0 N–H and O–H groups in total. The number of anilines is 1. The van der Waals surface area contributed by atoms with Crippen LogP contribution in [-0.2, 0) is 13.0 Å². The van der Waals surface area contributed by atoms with Crippen LogP contribution in [0, 0.1) is 0 Å². The molecule has 0 spiro atoms. The Morgan fingerprint density at radius 2 is 2.00 bits per heavy atom. The fourth-order valence-electron chi connectivity index (χ4n) is 2.54. The van der Waals surface area contributed by atoms with Crippen LogP contribution in [0.4, 0.5) is 5.69 Å². The number of fused-ring (bicyclic) bond motifs is 1. The van der Waals surface area contributed by atoms with Crippen molar-refractivity contribution in [2.75, 3.05) is 4.90 Å². The second kappa shape index (κ2) is 4.21. The molecule has 0 aliphatic carbocycles. The van der Waals surface area contributed by atoms with E-state index in [0.717, 1.165) is 18.7 Å². The van der Waals surface area contributed by atoms with Crippen LogP contribution in [0.3, 0.4) is 0 Å². The Morgan fingerprint density at radius 3 is 2.82 bits per heavy atom. The zero-order valence-corrected chi connectivity index (χ0v) is 10.0. The quantitative estimate of drug-likeness (QED) is 0.779. The minimum atomic E-state index is 0.564. The first-order valence-electron chi connectivity index (χ1n) is 6.09. The molecule has 1 aliphatic rings. The minimum absolute atomic E-state index is 0.564. The highest BCUT2D eigenvalue weighted by molar-refractivity contribution is 5.59. The molecule has 2 heteroatoms. The maximum absolute atomic E-state index is 4.41. The third-order valence-electron chi connectivity index (χ3n) is 3.41. The summed E-state index contributed by atoms with van der Waals surface area (Å²) < 4.78 is 0. The van der Waals surface area contributed by atoms with Crippen LogP contribution in [-0.4, -0.2) is 11.0 Å². The van der Waals surface area contributed by atoms with Crippen LogP contribution >= 0.6 is 0 Å². The molecule has 0 saturated heterocycles. The van der Waals surface area contributed by atoms with Crippen molar-refractivity contribution in [3.05, 3.63) is 59.9 Å². The number of aromatic nitrogens is 1. The molecule has 2 nitrogen and oxygen atoms in total. The Labute approximate surface area is 102 Å². The topological polar surface area (TPSA) is 16.1 Å². The van der Waals surface area contributed by atoms with Gasteiger partial charge in [-0.1, -0.05) is 24.3 Å². The van der Waals surface area contributed by atoms with Gasteiger partial charge >= 0.3 is 0 Å². The van der Waals surface area contributed by atoms with Crippen LogP contribution < -0.4 is 4.90 Å². The predicted molar refractivity (Wildman–Crippen MR) is 70.0 cm³/mol. The summed E-state index contributed by atoms with van der Waals surface area (Å²) in [6.07, 6.45) is 3.00. The number of pyridine rings is 1. The highest BCUT2D eigenvalue weighted by Gasteiger charge is 2.25. The smallest absolute Gasteiger partial charge is 0.0605 e. The van der Waals surface area contributed by atoms with E-state index in [0.29, 0.717) is 6.04 Å². The van der Waals surface area contributed by atoms with Gasteiger partial charge in [-0.15, -0.1) is 0 Å².